The maximum Gasteiger partial charge on any atom is 0.116 e. The average molecular weight is 168 g/mol. The Hall–Kier alpha value is -1.94. The van der Waals surface area contributed by atoms with Gasteiger partial charge in [-0.1, -0.05) is 18.1 Å². The third kappa shape index (κ3) is 1.34. The zero-order chi connectivity index (χ0) is 9.26. The largest absolute Gasteiger partial charge is 0.508 e. The fourth-order valence-electron chi connectivity index (χ4n) is 1.33. The van der Waals surface area contributed by atoms with Crippen LogP contribution in [0.5, 0.6) is 5.75 Å². The number of terminal acetylenes is 1. The maximum atomic E-state index is 9.22. The van der Waals surface area contributed by atoms with Gasteiger partial charge in [-0.05, 0) is 35.4 Å². The fraction of sp³-hybridized carbons (Fsp3) is 0. The zero-order valence-electron chi connectivity index (χ0n) is 6.99. The molecule has 0 saturated carbocycles. The number of fused-ring (bicyclic) bond motifs is 1. The first-order chi connectivity index (χ1) is 6.29. The quantitative estimate of drug-likeness (QED) is 0.599. The molecule has 0 bridgehead atoms. The normalized spacial score (nSPS) is 9.77. The zero-order valence-corrected chi connectivity index (χ0v) is 6.99. The van der Waals surface area contributed by atoms with Crippen molar-refractivity contribution in [3.63, 3.8) is 0 Å². The molecule has 0 aromatic rings. The predicted octanol–water partition coefficient (Wildman–Crippen LogP) is 2.48. The van der Waals surface area contributed by atoms with E-state index in [0.717, 1.165) is 16.7 Å². The van der Waals surface area contributed by atoms with Crippen molar-refractivity contribution in [2.75, 3.05) is 0 Å². The van der Waals surface area contributed by atoms with E-state index < -0.39 is 0 Å². The summed E-state index contributed by atoms with van der Waals surface area (Å²) in [6, 6.07) is 11.0. The van der Waals surface area contributed by atoms with Gasteiger partial charge in [-0.2, -0.15) is 0 Å². The van der Waals surface area contributed by atoms with Crippen molar-refractivity contribution in [1.29, 1.82) is 0 Å². The van der Waals surface area contributed by atoms with Gasteiger partial charge >= 0.3 is 0 Å². The van der Waals surface area contributed by atoms with Gasteiger partial charge in [0.2, 0.25) is 0 Å². The molecule has 0 amide bonds. The molecule has 0 saturated heterocycles. The lowest BCUT2D eigenvalue weighted by molar-refractivity contribution is 0.477. The summed E-state index contributed by atoms with van der Waals surface area (Å²) in [5.74, 6) is 2.86. The van der Waals surface area contributed by atoms with E-state index in [1.807, 2.05) is 24.3 Å². The van der Waals surface area contributed by atoms with Gasteiger partial charge in [-0.15, -0.1) is 6.42 Å². The van der Waals surface area contributed by atoms with Crippen LogP contribution < -0.4 is 0 Å². The standard InChI is InChI=1S/C12H8O/c1-2-9-3-5-10-7-12(13)8-11(10)6-4-9/h1,3-8,13H. The highest BCUT2D eigenvalue weighted by Crippen LogP contribution is 2.28. The van der Waals surface area contributed by atoms with Crippen molar-refractivity contribution in [2.24, 2.45) is 0 Å². The minimum atomic E-state index is 0.295. The number of hydrogen-bond donors (Lipinski definition) is 1. The summed E-state index contributed by atoms with van der Waals surface area (Å²) in [5, 5.41) is 9.22. The first-order valence-electron chi connectivity index (χ1n) is 3.99. The molecule has 0 aromatic heterocycles. The molecule has 1 N–H and O–H groups in total. The molecule has 1 heteroatoms. The number of hydrogen-bond acceptors (Lipinski definition) is 1. The van der Waals surface area contributed by atoms with Crippen molar-refractivity contribution in [2.45, 2.75) is 0 Å². The van der Waals surface area contributed by atoms with Gasteiger partial charge in [-0.3, -0.25) is 0 Å². The summed E-state index contributed by atoms with van der Waals surface area (Å²) in [6.07, 6.45) is 5.27. The molecule has 2 aliphatic carbocycles. The Kier molecular flexibility index (Phi) is 1.68. The van der Waals surface area contributed by atoms with Crippen LogP contribution in [0.4, 0.5) is 0 Å². The Morgan fingerprint density at radius 1 is 1.00 bits per heavy atom. The van der Waals surface area contributed by atoms with Crippen LogP contribution in [0.15, 0.2) is 36.4 Å². The van der Waals surface area contributed by atoms with Gasteiger partial charge in [0.1, 0.15) is 5.75 Å². The van der Waals surface area contributed by atoms with Crippen molar-refractivity contribution in [3.05, 3.63) is 42.0 Å². The second-order valence-corrected chi connectivity index (χ2v) is 2.89. The Bertz CT molecular complexity index is 418. The van der Waals surface area contributed by atoms with Crippen molar-refractivity contribution >= 4 is 0 Å². The monoisotopic (exact) mass is 168 g/mol. The van der Waals surface area contributed by atoms with Gasteiger partial charge in [0.25, 0.3) is 0 Å². The van der Waals surface area contributed by atoms with Crippen LogP contribution in [0, 0.1) is 12.3 Å². The van der Waals surface area contributed by atoms with Gasteiger partial charge in [0, 0.05) is 5.56 Å². The Morgan fingerprint density at radius 3 is 2.00 bits per heavy atom. The Labute approximate surface area is 77.0 Å². The summed E-state index contributed by atoms with van der Waals surface area (Å²) in [4.78, 5) is 0. The minimum absolute atomic E-state index is 0.295. The molecule has 13 heavy (non-hydrogen) atoms. The third-order valence-electron chi connectivity index (χ3n) is 1.99. The molecule has 2 aliphatic rings. The van der Waals surface area contributed by atoms with Gasteiger partial charge in [0.15, 0.2) is 0 Å². The van der Waals surface area contributed by atoms with E-state index in [-0.39, 0.29) is 0 Å². The van der Waals surface area contributed by atoms with Crippen LogP contribution in [0.25, 0.3) is 11.1 Å². The smallest absolute Gasteiger partial charge is 0.116 e. The van der Waals surface area contributed by atoms with E-state index in [4.69, 9.17) is 6.42 Å². The summed E-state index contributed by atoms with van der Waals surface area (Å²) >= 11 is 0. The molecular weight excluding hydrogens is 160 g/mol. The molecule has 2 rings (SSSR count). The second kappa shape index (κ2) is 2.84. The highest BCUT2D eigenvalue weighted by molar-refractivity contribution is 5.70. The maximum absolute atomic E-state index is 9.22. The van der Waals surface area contributed by atoms with Crippen molar-refractivity contribution < 1.29 is 5.11 Å². The van der Waals surface area contributed by atoms with E-state index >= 15 is 0 Å². The molecule has 0 heterocycles. The SMILES string of the molecule is C#Cc1ccc2cc(O)cc-2cc1. The van der Waals surface area contributed by atoms with Crippen LogP contribution in [-0.2, 0) is 0 Å². The molecule has 0 aromatic carbocycles. The fourth-order valence-corrected chi connectivity index (χ4v) is 1.33. The number of rotatable bonds is 0. The summed E-state index contributed by atoms with van der Waals surface area (Å²) in [5.41, 5.74) is 2.84. The van der Waals surface area contributed by atoms with Crippen LogP contribution in [0.2, 0.25) is 0 Å². The van der Waals surface area contributed by atoms with Gasteiger partial charge in [-0.25, -0.2) is 0 Å². The highest BCUT2D eigenvalue weighted by atomic mass is 16.3. The van der Waals surface area contributed by atoms with E-state index in [0.29, 0.717) is 5.75 Å². The van der Waals surface area contributed by atoms with Crippen LogP contribution in [-0.4, -0.2) is 5.11 Å². The van der Waals surface area contributed by atoms with Crippen LogP contribution in [0.1, 0.15) is 5.56 Å². The molecule has 0 fully saturated rings. The van der Waals surface area contributed by atoms with Crippen LogP contribution in [0.3, 0.4) is 0 Å². The first kappa shape index (κ1) is 7.70. The lowest BCUT2D eigenvalue weighted by Crippen LogP contribution is -1.60. The molecule has 1 nitrogen and oxygen atoms in total. The molecule has 0 aliphatic heterocycles. The van der Waals surface area contributed by atoms with Crippen molar-refractivity contribution in [3.8, 4) is 29.2 Å². The molecular formula is C12H8O. The van der Waals surface area contributed by atoms with Crippen molar-refractivity contribution in [1.82, 2.24) is 0 Å². The number of aromatic hydroxyl groups is 1. The lowest BCUT2D eigenvalue weighted by Gasteiger charge is -1.85. The van der Waals surface area contributed by atoms with E-state index in [9.17, 15) is 5.11 Å². The molecule has 0 spiro atoms. The topological polar surface area (TPSA) is 20.2 Å². The Morgan fingerprint density at radius 2 is 1.54 bits per heavy atom. The predicted molar refractivity (Wildman–Crippen MR) is 52.7 cm³/mol. The molecule has 0 radical (unpaired) electrons. The second-order valence-electron chi connectivity index (χ2n) is 2.89. The molecule has 0 atom stereocenters. The summed E-state index contributed by atoms with van der Waals surface area (Å²) in [6.45, 7) is 0. The van der Waals surface area contributed by atoms with Gasteiger partial charge in [0.05, 0.1) is 0 Å². The molecule has 0 unspecified atom stereocenters. The summed E-state index contributed by atoms with van der Waals surface area (Å²) < 4.78 is 0. The Balaban J connectivity index is 2.67. The highest BCUT2D eigenvalue weighted by Gasteiger charge is 2.02. The summed E-state index contributed by atoms with van der Waals surface area (Å²) in [7, 11) is 0. The lowest BCUT2D eigenvalue weighted by atomic mass is 10.2. The van der Waals surface area contributed by atoms with E-state index in [1.54, 1.807) is 12.1 Å². The van der Waals surface area contributed by atoms with Crippen LogP contribution >= 0.6 is 0 Å². The van der Waals surface area contributed by atoms with Gasteiger partial charge < -0.3 is 5.11 Å². The van der Waals surface area contributed by atoms with E-state index in [2.05, 4.69) is 5.92 Å². The minimum Gasteiger partial charge on any atom is -0.508 e. The average Bonchev–Trinajstić information content (AvgIpc) is 2.37. The first-order valence-corrected chi connectivity index (χ1v) is 3.99. The van der Waals surface area contributed by atoms with E-state index in [1.165, 1.54) is 0 Å². The third-order valence-corrected chi connectivity index (χ3v) is 1.99. The molecule has 62 valence electrons.